The summed E-state index contributed by atoms with van der Waals surface area (Å²) in [4.78, 5) is 0. The summed E-state index contributed by atoms with van der Waals surface area (Å²) in [5, 5.41) is 0. The van der Waals surface area contributed by atoms with Gasteiger partial charge in [-0.25, -0.2) is 0 Å². The first kappa shape index (κ1) is 30.0. The summed E-state index contributed by atoms with van der Waals surface area (Å²) in [6.07, 6.45) is 15.4. The minimum absolute atomic E-state index is 0. The Morgan fingerprint density at radius 1 is 0.704 bits per heavy atom. The van der Waals surface area contributed by atoms with Crippen LogP contribution in [-0.4, -0.2) is 54.2 Å². The Bertz CT molecular complexity index is 300. The van der Waals surface area contributed by atoms with Crippen LogP contribution in [0.5, 0.6) is 0 Å². The predicted octanol–water partition coefficient (Wildman–Crippen LogP) is 3.06. The molecule has 0 N–H and O–H groups in total. The topological polar surface area (TPSA) is 18.5 Å². The second-order valence-electron chi connectivity index (χ2n) is 8.61. The number of unbranched alkanes of at least 4 members (excludes halogenated alkanes) is 9. The maximum Gasteiger partial charge on any atom is 0.324 e. The summed E-state index contributed by atoms with van der Waals surface area (Å²) in [7, 11) is 3.29. The molecule has 3 nitrogen and oxygen atoms in total. The highest BCUT2D eigenvalue weighted by Crippen LogP contribution is 2.19. The van der Waals surface area contributed by atoms with Crippen molar-refractivity contribution in [2.75, 3.05) is 40.4 Å². The first-order valence-electron chi connectivity index (χ1n) is 11.5. The van der Waals surface area contributed by atoms with Gasteiger partial charge in [0.05, 0.1) is 27.2 Å². The molecule has 0 rings (SSSR count). The molecule has 0 amide bonds. The average molecular weight is 516 g/mol. The van der Waals surface area contributed by atoms with E-state index in [2.05, 4.69) is 41.8 Å². The molecule has 27 heavy (non-hydrogen) atoms. The lowest BCUT2D eigenvalue weighted by Crippen LogP contribution is -3.00. The van der Waals surface area contributed by atoms with Crippen LogP contribution in [0.2, 0.25) is 5.54 Å². The van der Waals surface area contributed by atoms with Gasteiger partial charge in [0.1, 0.15) is 0 Å². The molecule has 0 heterocycles. The molecular weight excluding hydrogens is 465 g/mol. The third-order valence-corrected chi connectivity index (χ3v) is 8.02. The predicted molar refractivity (Wildman–Crippen MR) is 118 cm³/mol. The SMILES string of the molecule is CCCCCCCCCCCC[N+](C)(C)CCC(C)[SiH](OCC)OCC.[I-]. The van der Waals surface area contributed by atoms with Gasteiger partial charge in [-0.1, -0.05) is 65.2 Å². The monoisotopic (exact) mass is 515 g/mol. The Morgan fingerprint density at radius 2 is 1.15 bits per heavy atom. The average Bonchev–Trinajstić information content (AvgIpc) is 2.61. The largest absolute Gasteiger partial charge is 1.00 e. The summed E-state index contributed by atoms with van der Waals surface area (Å²) in [5.74, 6) is 0. The number of nitrogens with zero attached hydrogens (tertiary/aromatic N) is 1. The number of hydrogen-bond donors (Lipinski definition) is 0. The first-order chi connectivity index (χ1) is 12.5. The Kier molecular flexibility index (Phi) is 22.4. The van der Waals surface area contributed by atoms with Crippen LogP contribution in [0.1, 0.15) is 98.3 Å². The lowest BCUT2D eigenvalue weighted by atomic mass is 10.1. The molecule has 1 unspecified atom stereocenters. The second kappa shape index (κ2) is 20.1. The van der Waals surface area contributed by atoms with Crippen LogP contribution in [0.25, 0.3) is 0 Å². The van der Waals surface area contributed by atoms with Gasteiger partial charge < -0.3 is 37.3 Å². The second-order valence-corrected chi connectivity index (χ2v) is 11.2. The van der Waals surface area contributed by atoms with Gasteiger partial charge in [0, 0.05) is 25.2 Å². The molecule has 5 heteroatoms. The molecule has 0 aromatic rings. The van der Waals surface area contributed by atoms with Crippen molar-refractivity contribution in [1.29, 1.82) is 0 Å². The Labute approximate surface area is 190 Å². The molecule has 0 aliphatic rings. The lowest BCUT2D eigenvalue weighted by molar-refractivity contribution is -0.890. The van der Waals surface area contributed by atoms with Gasteiger partial charge in [-0.2, -0.15) is 0 Å². The van der Waals surface area contributed by atoms with E-state index in [1.807, 2.05) is 0 Å². The number of rotatable bonds is 19. The van der Waals surface area contributed by atoms with Crippen LogP contribution >= 0.6 is 0 Å². The molecule has 0 aliphatic carbocycles. The van der Waals surface area contributed by atoms with Gasteiger partial charge in [0.2, 0.25) is 0 Å². The lowest BCUT2D eigenvalue weighted by Gasteiger charge is -2.32. The van der Waals surface area contributed by atoms with Crippen molar-refractivity contribution in [2.45, 2.75) is 104 Å². The van der Waals surface area contributed by atoms with Crippen molar-refractivity contribution >= 4 is 9.28 Å². The summed E-state index contributed by atoms with van der Waals surface area (Å²) in [5.41, 5.74) is 0.597. The molecule has 0 radical (unpaired) electrons. The van der Waals surface area contributed by atoms with Crippen LogP contribution in [0, 0.1) is 0 Å². The minimum Gasteiger partial charge on any atom is -1.00 e. The zero-order chi connectivity index (χ0) is 19.7. The van der Waals surface area contributed by atoms with Crippen molar-refractivity contribution in [1.82, 2.24) is 0 Å². The third-order valence-electron chi connectivity index (χ3n) is 5.43. The minimum atomic E-state index is -1.48. The van der Waals surface area contributed by atoms with E-state index in [1.54, 1.807) is 0 Å². The zero-order valence-electron chi connectivity index (χ0n) is 19.4. The van der Waals surface area contributed by atoms with E-state index in [0.29, 0.717) is 5.54 Å². The van der Waals surface area contributed by atoms with Crippen molar-refractivity contribution in [3.63, 3.8) is 0 Å². The van der Waals surface area contributed by atoms with Gasteiger partial charge >= 0.3 is 9.28 Å². The molecule has 0 aliphatic heterocycles. The highest BCUT2D eigenvalue weighted by atomic mass is 127. The quantitative estimate of drug-likeness (QED) is 0.114. The Morgan fingerprint density at radius 3 is 1.59 bits per heavy atom. The van der Waals surface area contributed by atoms with Crippen LogP contribution < -0.4 is 24.0 Å². The van der Waals surface area contributed by atoms with Crippen LogP contribution in [0.15, 0.2) is 0 Å². The van der Waals surface area contributed by atoms with Gasteiger partial charge in [0.15, 0.2) is 0 Å². The van der Waals surface area contributed by atoms with Crippen molar-refractivity contribution in [3.8, 4) is 0 Å². The summed E-state index contributed by atoms with van der Waals surface area (Å²) < 4.78 is 12.9. The molecule has 1 atom stereocenters. The molecule has 166 valence electrons. The molecule has 0 saturated heterocycles. The summed E-state index contributed by atoms with van der Waals surface area (Å²) >= 11 is 0. The van der Waals surface area contributed by atoms with E-state index in [4.69, 9.17) is 8.85 Å². The third kappa shape index (κ3) is 18.6. The molecule has 0 fully saturated rings. The van der Waals surface area contributed by atoms with E-state index in [0.717, 1.165) is 17.7 Å². The molecule has 0 saturated carbocycles. The Hall–Kier alpha value is 0.827. The number of hydrogen-bond acceptors (Lipinski definition) is 2. The van der Waals surface area contributed by atoms with E-state index in [1.165, 1.54) is 83.7 Å². The molecular formula is C22H50INO2Si. The normalized spacial score (nSPS) is 13.0. The standard InChI is InChI=1S/C22H50NO2Si.HI/c1-7-10-11-12-13-14-15-16-17-18-20-23(5,6)21-19-22(4)26(24-8-2)25-9-3;/h22,26H,7-21H2,1-6H3;1H/q+1;/p-1. The fourth-order valence-electron chi connectivity index (χ4n) is 3.53. The Balaban J connectivity index is 0. The molecule has 0 aromatic heterocycles. The van der Waals surface area contributed by atoms with E-state index >= 15 is 0 Å². The van der Waals surface area contributed by atoms with Crippen molar-refractivity contribution < 1.29 is 37.3 Å². The molecule has 0 bridgehead atoms. The maximum absolute atomic E-state index is 5.89. The van der Waals surface area contributed by atoms with Gasteiger partial charge in [0.25, 0.3) is 0 Å². The number of halogens is 1. The number of quaternary nitrogens is 1. The van der Waals surface area contributed by atoms with Crippen LogP contribution in [0.3, 0.4) is 0 Å². The maximum atomic E-state index is 5.89. The van der Waals surface area contributed by atoms with Crippen molar-refractivity contribution in [3.05, 3.63) is 0 Å². The fraction of sp³-hybridized carbons (Fsp3) is 1.00. The van der Waals surface area contributed by atoms with E-state index in [9.17, 15) is 0 Å². The van der Waals surface area contributed by atoms with Gasteiger partial charge in [-0.15, -0.1) is 0 Å². The summed E-state index contributed by atoms with van der Waals surface area (Å²) in [6.45, 7) is 12.9. The smallest absolute Gasteiger partial charge is 0.324 e. The zero-order valence-corrected chi connectivity index (χ0v) is 22.7. The first-order valence-corrected chi connectivity index (χ1v) is 13.1. The highest BCUT2D eigenvalue weighted by Gasteiger charge is 2.24. The van der Waals surface area contributed by atoms with Gasteiger partial charge in [-0.05, 0) is 26.7 Å². The van der Waals surface area contributed by atoms with E-state index in [-0.39, 0.29) is 24.0 Å². The van der Waals surface area contributed by atoms with Crippen LogP contribution in [0.4, 0.5) is 0 Å². The van der Waals surface area contributed by atoms with Crippen LogP contribution in [-0.2, 0) is 8.85 Å². The molecule has 0 aromatic carbocycles. The van der Waals surface area contributed by atoms with E-state index < -0.39 is 9.28 Å². The summed E-state index contributed by atoms with van der Waals surface area (Å²) in [6, 6.07) is 0. The van der Waals surface area contributed by atoms with Crippen molar-refractivity contribution in [2.24, 2.45) is 0 Å². The highest BCUT2D eigenvalue weighted by molar-refractivity contribution is 6.46. The fourth-order valence-corrected chi connectivity index (χ4v) is 5.37. The van der Waals surface area contributed by atoms with Gasteiger partial charge in [-0.3, -0.25) is 0 Å². The molecule has 0 spiro atoms.